The van der Waals surface area contributed by atoms with E-state index in [0.717, 1.165) is 0 Å². The predicted molar refractivity (Wildman–Crippen MR) is 54.9 cm³/mol. The number of carbonyl (C=O) groups excluding carboxylic acids is 3. The van der Waals surface area contributed by atoms with Gasteiger partial charge in [0.1, 0.15) is 23.5 Å². The van der Waals surface area contributed by atoms with E-state index in [4.69, 9.17) is 0 Å². The SMILES string of the molecule is CC(=O)CC(=O)OC(=O)c1ccccc1O.[H-].[Na+]. The summed E-state index contributed by atoms with van der Waals surface area (Å²) in [7, 11) is 0. The van der Waals surface area contributed by atoms with Crippen LogP contribution in [0.15, 0.2) is 24.3 Å². The number of carbonyl (C=O) groups is 3. The average molecular weight is 246 g/mol. The molecule has 6 heteroatoms. The zero-order valence-electron chi connectivity index (χ0n) is 10.6. The maximum Gasteiger partial charge on any atom is 1.00 e. The topological polar surface area (TPSA) is 80.7 Å². The predicted octanol–water partition coefficient (Wildman–Crippen LogP) is -1.83. The van der Waals surface area contributed by atoms with Crippen LogP contribution in [0.2, 0.25) is 0 Å². The number of para-hydroxylation sites is 1. The fraction of sp³-hybridized carbons (Fsp3) is 0.182. The third-order valence-corrected chi connectivity index (χ3v) is 1.72. The van der Waals surface area contributed by atoms with Crippen molar-refractivity contribution in [1.82, 2.24) is 0 Å². The van der Waals surface area contributed by atoms with Crippen LogP contribution in [0.1, 0.15) is 25.1 Å². The van der Waals surface area contributed by atoms with E-state index >= 15 is 0 Å². The van der Waals surface area contributed by atoms with E-state index in [1.807, 2.05) is 0 Å². The van der Waals surface area contributed by atoms with Crippen molar-refractivity contribution in [3.8, 4) is 5.75 Å². The van der Waals surface area contributed by atoms with Crippen LogP contribution in [0.4, 0.5) is 0 Å². The molecule has 0 aliphatic carbocycles. The molecular weight excluding hydrogens is 235 g/mol. The van der Waals surface area contributed by atoms with E-state index in [2.05, 4.69) is 4.74 Å². The molecule has 0 bridgehead atoms. The average Bonchev–Trinajstić information content (AvgIpc) is 2.16. The summed E-state index contributed by atoms with van der Waals surface area (Å²) in [6.45, 7) is 1.21. The van der Waals surface area contributed by atoms with Crippen molar-refractivity contribution in [3.63, 3.8) is 0 Å². The molecule has 0 saturated carbocycles. The van der Waals surface area contributed by atoms with Crippen molar-refractivity contribution in [2.24, 2.45) is 0 Å². The van der Waals surface area contributed by atoms with E-state index in [1.165, 1.54) is 31.2 Å². The molecule has 1 aromatic rings. The Labute approximate surface area is 122 Å². The number of phenols is 1. The van der Waals surface area contributed by atoms with E-state index < -0.39 is 24.1 Å². The number of Topliss-reactive ketones (excluding diaryl/α,β-unsaturated/α-hetero) is 1. The number of ketones is 1. The Balaban J connectivity index is 0. The molecule has 0 atom stereocenters. The summed E-state index contributed by atoms with van der Waals surface area (Å²) < 4.78 is 4.37. The molecule has 17 heavy (non-hydrogen) atoms. The fourth-order valence-corrected chi connectivity index (χ4v) is 1.04. The zero-order valence-corrected chi connectivity index (χ0v) is 11.6. The first-order chi connectivity index (χ1) is 7.50. The zero-order chi connectivity index (χ0) is 12.1. The smallest absolute Gasteiger partial charge is 1.00 e. The summed E-state index contributed by atoms with van der Waals surface area (Å²) in [6, 6.07) is 5.67. The Morgan fingerprint density at radius 3 is 2.41 bits per heavy atom. The maximum absolute atomic E-state index is 11.3. The van der Waals surface area contributed by atoms with Crippen LogP contribution >= 0.6 is 0 Å². The van der Waals surface area contributed by atoms with E-state index in [0.29, 0.717) is 0 Å². The van der Waals surface area contributed by atoms with Crippen LogP contribution < -0.4 is 29.6 Å². The van der Waals surface area contributed by atoms with E-state index in [1.54, 1.807) is 0 Å². The molecule has 0 radical (unpaired) electrons. The molecule has 0 heterocycles. The van der Waals surface area contributed by atoms with Crippen LogP contribution in [0, 0.1) is 0 Å². The van der Waals surface area contributed by atoms with Gasteiger partial charge in [-0.25, -0.2) is 4.79 Å². The molecule has 1 N–H and O–H groups in total. The number of benzene rings is 1. The van der Waals surface area contributed by atoms with E-state index in [9.17, 15) is 19.5 Å². The van der Waals surface area contributed by atoms with Crippen LogP contribution in [0.25, 0.3) is 0 Å². The van der Waals surface area contributed by atoms with Gasteiger partial charge < -0.3 is 11.3 Å². The molecule has 0 saturated heterocycles. The number of rotatable bonds is 3. The molecule has 0 amide bonds. The second kappa shape index (κ2) is 7.21. The van der Waals surface area contributed by atoms with Crippen LogP contribution in [0.3, 0.4) is 0 Å². The quantitative estimate of drug-likeness (QED) is 0.385. The minimum absolute atomic E-state index is 0. The first kappa shape index (κ1) is 15.8. The van der Waals surface area contributed by atoms with Crippen LogP contribution in [-0.2, 0) is 14.3 Å². The number of ether oxygens (including phenoxy) is 1. The molecule has 0 aliphatic rings. The number of phenolic OH excluding ortho intramolecular Hbond substituents is 1. The van der Waals surface area contributed by atoms with Crippen molar-refractivity contribution < 1.29 is 55.2 Å². The first-order valence-corrected chi connectivity index (χ1v) is 4.53. The molecule has 5 nitrogen and oxygen atoms in total. The molecule has 0 aromatic heterocycles. The van der Waals surface area contributed by atoms with Crippen molar-refractivity contribution in [2.75, 3.05) is 0 Å². The van der Waals surface area contributed by atoms with Gasteiger partial charge in [0.05, 0.1) is 0 Å². The standard InChI is InChI=1S/C11H10O5.Na.H/c1-7(12)6-10(14)16-11(15)8-4-2-3-5-9(8)13;;/h2-5,13H,6H2,1H3;;/q;+1;-1. The van der Waals surface area contributed by atoms with Crippen molar-refractivity contribution in [1.29, 1.82) is 0 Å². The largest absolute Gasteiger partial charge is 1.00 e. The third-order valence-electron chi connectivity index (χ3n) is 1.72. The van der Waals surface area contributed by atoms with Crippen LogP contribution in [0.5, 0.6) is 5.75 Å². The summed E-state index contributed by atoms with van der Waals surface area (Å²) in [5.74, 6) is -2.57. The van der Waals surface area contributed by atoms with Crippen LogP contribution in [-0.4, -0.2) is 22.8 Å². The van der Waals surface area contributed by atoms with Crippen molar-refractivity contribution in [2.45, 2.75) is 13.3 Å². The maximum atomic E-state index is 11.3. The van der Waals surface area contributed by atoms with Gasteiger partial charge in [-0.15, -0.1) is 0 Å². The third kappa shape index (κ3) is 5.12. The minimum Gasteiger partial charge on any atom is -1.00 e. The summed E-state index contributed by atoms with van der Waals surface area (Å²) in [5, 5.41) is 9.30. The number of esters is 2. The molecule has 0 aliphatic heterocycles. The van der Waals surface area contributed by atoms with E-state index in [-0.39, 0.29) is 42.3 Å². The number of hydrogen-bond donors (Lipinski definition) is 1. The molecule has 0 unspecified atom stereocenters. The van der Waals surface area contributed by atoms with Gasteiger partial charge in [-0.3, -0.25) is 9.59 Å². The Bertz CT molecular complexity index is 447. The van der Waals surface area contributed by atoms with Gasteiger partial charge in [-0.1, -0.05) is 12.1 Å². The molecular formula is C11H11NaO5. The van der Waals surface area contributed by atoms with Gasteiger partial charge in [-0.2, -0.15) is 0 Å². The van der Waals surface area contributed by atoms with Crippen molar-refractivity contribution in [3.05, 3.63) is 29.8 Å². The molecule has 1 aromatic carbocycles. The second-order valence-electron chi connectivity index (χ2n) is 3.16. The molecule has 0 fully saturated rings. The Hall–Kier alpha value is -1.17. The number of hydrogen-bond acceptors (Lipinski definition) is 5. The fourth-order valence-electron chi connectivity index (χ4n) is 1.04. The van der Waals surface area contributed by atoms with Crippen molar-refractivity contribution >= 4 is 17.7 Å². The summed E-state index contributed by atoms with van der Waals surface area (Å²) in [5.41, 5.74) is -0.112. The van der Waals surface area contributed by atoms with Gasteiger partial charge in [0, 0.05) is 0 Å². The normalized spacial score (nSPS) is 9.00. The Kier molecular flexibility index (Phi) is 6.72. The monoisotopic (exact) mass is 246 g/mol. The second-order valence-corrected chi connectivity index (χ2v) is 3.16. The van der Waals surface area contributed by atoms with Gasteiger partial charge in [0.2, 0.25) is 0 Å². The van der Waals surface area contributed by atoms with Gasteiger partial charge in [0.15, 0.2) is 0 Å². The first-order valence-electron chi connectivity index (χ1n) is 4.53. The Morgan fingerprint density at radius 1 is 1.29 bits per heavy atom. The molecule has 0 spiro atoms. The molecule has 1 rings (SSSR count). The number of aromatic hydroxyl groups is 1. The minimum atomic E-state index is -0.968. The summed E-state index contributed by atoms with van der Waals surface area (Å²) in [6.07, 6.45) is -0.459. The van der Waals surface area contributed by atoms with Gasteiger partial charge in [-0.05, 0) is 19.1 Å². The molecule has 86 valence electrons. The summed E-state index contributed by atoms with van der Waals surface area (Å²) in [4.78, 5) is 32.9. The summed E-state index contributed by atoms with van der Waals surface area (Å²) >= 11 is 0. The Morgan fingerprint density at radius 2 is 1.88 bits per heavy atom. The van der Waals surface area contributed by atoms with Gasteiger partial charge >= 0.3 is 41.5 Å². The van der Waals surface area contributed by atoms with Gasteiger partial charge in [0.25, 0.3) is 0 Å².